The molecule has 0 fully saturated rings. The van der Waals surface area contributed by atoms with Crippen LogP contribution in [0, 0.1) is 13.8 Å². The highest BCUT2D eigenvalue weighted by atomic mass is 15.1. The van der Waals surface area contributed by atoms with Crippen molar-refractivity contribution in [2.45, 2.75) is 39.9 Å². The number of aryl methyl sites for hydroxylation is 2. The predicted molar refractivity (Wildman–Crippen MR) is 140 cm³/mol. The molecule has 0 aliphatic heterocycles. The second kappa shape index (κ2) is 8.71. The zero-order valence-electron chi connectivity index (χ0n) is 19.7. The van der Waals surface area contributed by atoms with Crippen LogP contribution in [0.1, 0.15) is 36.1 Å². The van der Waals surface area contributed by atoms with Gasteiger partial charge in [-0.05, 0) is 72.5 Å². The van der Waals surface area contributed by atoms with Crippen LogP contribution in [-0.4, -0.2) is 7.85 Å². The van der Waals surface area contributed by atoms with Crippen LogP contribution in [-0.2, 0) is 5.41 Å². The zero-order chi connectivity index (χ0) is 22.9. The van der Waals surface area contributed by atoms with Gasteiger partial charge in [-0.3, -0.25) is 0 Å². The Bertz CT molecular complexity index is 1180. The fourth-order valence-electron chi connectivity index (χ4n) is 4.67. The summed E-state index contributed by atoms with van der Waals surface area (Å²) in [7, 11) is 4.50. The fourth-order valence-corrected chi connectivity index (χ4v) is 4.67. The summed E-state index contributed by atoms with van der Waals surface area (Å²) in [6.07, 6.45) is 0. The largest absolute Gasteiger partial charge is 0.310 e. The van der Waals surface area contributed by atoms with Gasteiger partial charge in [-0.1, -0.05) is 86.4 Å². The molecule has 1 nitrogen and oxygen atoms in total. The topological polar surface area (TPSA) is 3.24 Å². The molecule has 0 heterocycles. The molecule has 0 N–H and O–H groups in total. The van der Waals surface area contributed by atoms with Gasteiger partial charge in [-0.25, -0.2) is 0 Å². The van der Waals surface area contributed by atoms with Gasteiger partial charge >= 0.3 is 0 Å². The van der Waals surface area contributed by atoms with Gasteiger partial charge in [0.25, 0.3) is 0 Å². The molecule has 0 bridgehead atoms. The van der Waals surface area contributed by atoms with Crippen LogP contribution in [0.5, 0.6) is 0 Å². The molecular formula is C30H30BN. The van der Waals surface area contributed by atoms with E-state index < -0.39 is 0 Å². The van der Waals surface area contributed by atoms with E-state index in [0.717, 1.165) is 0 Å². The van der Waals surface area contributed by atoms with E-state index >= 15 is 0 Å². The molecule has 4 aromatic carbocycles. The summed E-state index contributed by atoms with van der Waals surface area (Å²) >= 11 is 0. The van der Waals surface area contributed by atoms with E-state index in [1.54, 1.807) is 0 Å². The number of fused-ring (bicyclic) bond motifs is 3. The standard InChI is InChI=1S/C29H27N.CH3B/c1-20-9-13-22(14-10-20)30(23-15-11-21(2)12-16-23)24-17-18-26-25-7-5-6-8-27(25)29(3,4)28(26)19-24;1-2/h5-19H,1-4H3;1H3. The van der Waals surface area contributed by atoms with Crippen molar-refractivity contribution in [3.8, 4) is 11.1 Å². The maximum Gasteiger partial charge on any atom is 0.0606 e. The summed E-state index contributed by atoms with van der Waals surface area (Å²) in [6.45, 7) is 10.4. The Labute approximate surface area is 194 Å². The molecule has 0 saturated carbocycles. The average Bonchev–Trinajstić information content (AvgIpc) is 3.05. The number of anilines is 3. The Morgan fingerprint density at radius 1 is 0.562 bits per heavy atom. The third-order valence-corrected chi connectivity index (χ3v) is 6.41. The lowest BCUT2D eigenvalue weighted by Gasteiger charge is -2.28. The highest BCUT2D eigenvalue weighted by Gasteiger charge is 2.35. The van der Waals surface area contributed by atoms with E-state index in [-0.39, 0.29) is 5.41 Å². The van der Waals surface area contributed by atoms with E-state index in [1.165, 1.54) is 57.3 Å². The molecule has 0 amide bonds. The number of hydrogen-bond donors (Lipinski definition) is 0. The lowest BCUT2D eigenvalue weighted by Crippen LogP contribution is -2.16. The highest BCUT2D eigenvalue weighted by Crippen LogP contribution is 2.50. The minimum Gasteiger partial charge on any atom is -0.310 e. The van der Waals surface area contributed by atoms with Crippen molar-refractivity contribution in [1.82, 2.24) is 0 Å². The van der Waals surface area contributed by atoms with Gasteiger partial charge in [-0.15, -0.1) is 0 Å². The number of benzene rings is 4. The van der Waals surface area contributed by atoms with Crippen molar-refractivity contribution in [1.29, 1.82) is 0 Å². The number of hydrogen-bond acceptors (Lipinski definition) is 1. The lowest BCUT2D eigenvalue weighted by molar-refractivity contribution is 0.660. The fraction of sp³-hybridized carbons (Fsp3) is 0.200. The van der Waals surface area contributed by atoms with Crippen LogP contribution < -0.4 is 4.90 Å². The minimum atomic E-state index is -0.00579. The van der Waals surface area contributed by atoms with Crippen LogP contribution in [0.2, 0.25) is 6.82 Å². The first kappa shape index (κ1) is 22.0. The average molecular weight is 415 g/mol. The van der Waals surface area contributed by atoms with Crippen molar-refractivity contribution >= 4 is 24.9 Å². The molecule has 2 heteroatoms. The van der Waals surface area contributed by atoms with Crippen molar-refractivity contribution in [2.75, 3.05) is 4.90 Å². The second-order valence-electron chi connectivity index (χ2n) is 8.91. The van der Waals surface area contributed by atoms with Crippen molar-refractivity contribution in [3.63, 3.8) is 0 Å². The van der Waals surface area contributed by atoms with Gasteiger partial charge < -0.3 is 4.90 Å². The summed E-state index contributed by atoms with van der Waals surface area (Å²) in [4.78, 5) is 2.36. The normalized spacial score (nSPS) is 12.9. The molecule has 0 unspecified atom stereocenters. The van der Waals surface area contributed by atoms with Gasteiger partial charge in [0.15, 0.2) is 0 Å². The van der Waals surface area contributed by atoms with Gasteiger partial charge in [-0.2, -0.15) is 0 Å². The molecule has 4 aromatic rings. The molecule has 1 aliphatic carbocycles. The summed E-state index contributed by atoms with van der Waals surface area (Å²) < 4.78 is 0. The molecule has 158 valence electrons. The van der Waals surface area contributed by atoms with E-state index in [0.29, 0.717) is 0 Å². The van der Waals surface area contributed by atoms with Crippen LogP contribution in [0.25, 0.3) is 11.1 Å². The molecule has 5 rings (SSSR count). The Balaban J connectivity index is 0.00000119. The van der Waals surface area contributed by atoms with E-state index in [4.69, 9.17) is 0 Å². The quantitative estimate of drug-likeness (QED) is 0.304. The molecule has 1 aliphatic rings. The number of nitrogens with zero attached hydrogens (tertiary/aromatic N) is 1. The maximum absolute atomic E-state index is 4.50. The predicted octanol–water partition coefficient (Wildman–Crippen LogP) is 8.28. The summed E-state index contributed by atoms with van der Waals surface area (Å²) in [5.41, 5.74) is 11.6. The highest BCUT2D eigenvalue weighted by molar-refractivity contribution is 6.05. The molecule has 0 aromatic heterocycles. The van der Waals surface area contributed by atoms with Crippen LogP contribution in [0.15, 0.2) is 91.0 Å². The minimum absolute atomic E-state index is 0.00579. The van der Waals surface area contributed by atoms with Gasteiger partial charge in [0, 0.05) is 22.5 Å². The van der Waals surface area contributed by atoms with Gasteiger partial charge in [0.1, 0.15) is 0 Å². The molecular weight excluding hydrogens is 385 g/mol. The lowest BCUT2D eigenvalue weighted by atomic mass is 9.82. The first-order valence-corrected chi connectivity index (χ1v) is 11.2. The SMILES string of the molecule is Cc1ccc(N(c2ccc(C)cc2)c2ccc3c(c2)C(C)(C)c2ccccc2-3)cc1.[B]C. The summed E-state index contributed by atoms with van der Waals surface area (Å²) in [6, 6.07) is 33.3. The first-order chi connectivity index (χ1) is 15.4. The third-order valence-electron chi connectivity index (χ3n) is 6.41. The van der Waals surface area contributed by atoms with Crippen LogP contribution >= 0.6 is 0 Å². The molecule has 0 atom stereocenters. The Morgan fingerprint density at radius 2 is 1.03 bits per heavy atom. The smallest absolute Gasteiger partial charge is 0.0606 e. The zero-order valence-corrected chi connectivity index (χ0v) is 19.7. The van der Waals surface area contributed by atoms with E-state index in [1.807, 2.05) is 0 Å². The van der Waals surface area contributed by atoms with Crippen LogP contribution in [0.4, 0.5) is 17.1 Å². The maximum atomic E-state index is 4.50. The molecule has 0 saturated heterocycles. The Kier molecular flexibility index (Phi) is 5.97. The van der Waals surface area contributed by atoms with E-state index in [9.17, 15) is 0 Å². The van der Waals surface area contributed by atoms with Crippen molar-refractivity contribution < 1.29 is 0 Å². The number of rotatable bonds is 3. The van der Waals surface area contributed by atoms with Gasteiger partial charge in [0.2, 0.25) is 0 Å². The summed E-state index contributed by atoms with van der Waals surface area (Å²) in [5, 5.41) is 0. The first-order valence-electron chi connectivity index (χ1n) is 11.2. The monoisotopic (exact) mass is 415 g/mol. The second-order valence-corrected chi connectivity index (χ2v) is 8.91. The summed E-state index contributed by atoms with van der Waals surface area (Å²) in [5.74, 6) is 0. The Hall–Kier alpha value is -3.26. The third kappa shape index (κ3) is 3.75. The van der Waals surface area contributed by atoms with E-state index in [2.05, 4.69) is 131 Å². The Morgan fingerprint density at radius 3 is 1.59 bits per heavy atom. The van der Waals surface area contributed by atoms with Crippen LogP contribution in [0.3, 0.4) is 0 Å². The molecule has 32 heavy (non-hydrogen) atoms. The molecule has 0 spiro atoms. The van der Waals surface area contributed by atoms with Crippen molar-refractivity contribution in [2.24, 2.45) is 0 Å². The van der Waals surface area contributed by atoms with Crippen molar-refractivity contribution in [3.05, 3.63) is 113 Å². The van der Waals surface area contributed by atoms with Gasteiger partial charge in [0.05, 0.1) is 7.85 Å². The molecule has 2 radical (unpaired) electrons.